The first-order valence-corrected chi connectivity index (χ1v) is 5.37. The van der Waals surface area contributed by atoms with E-state index in [0.717, 1.165) is 12.1 Å². The van der Waals surface area contributed by atoms with E-state index in [1.165, 1.54) is 18.2 Å². The Balaban J connectivity index is 3.12. The predicted octanol–water partition coefficient (Wildman–Crippen LogP) is 2.50. The van der Waals surface area contributed by atoms with Gasteiger partial charge in [0.2, 0.25) is 0 Å². The van der Waals surface area contributed by atoms with Gasteiger partial charge in [-0.25, -0.2) is 0 Å². The molecule has 1 rings (SSSR count). The van der Waals surface area contributed by atoms with Crippen molar-refractivity contribution >= 4 is 27.5 Å². The summed E-state index contributed by atoms with van der Waals surface area (Å²) in [5.74, 6) is 0. The van der Waals surface area contributed by atoms with Crippen LogP contribution in [-0.4, -0.2) is 13.9 Å². The topological polar surface area (TPSA) is 37.4 Å². The van der Waals surface area contributed by atoms with E-state index < -0.39 is 15.5 Å². The zero-order valence-electron chi connectivity index (χ0n) is 7.07. The Bertz CT molecular complexity index is 431. The van der Waals surface area contributed by atoms with Gasteiger partial charge in [0.15, 0.2) is 0 Å². The van der Waals surface area contributed by atoms with Crippen LogP contribution in [0.15, 0.2) is 30.3 Å². The van der Waals surface area contributed by atoms with E-state index in [1.807, 2.05) is 0 Å². The van der Waals surface area contributed by atoms with Gasteiger partial charge in [-0.15, -0.1) is 0 Å². The Morgan fingerprint density at radius 2 is 1.60 bits per heavy atom. The van der Waals surface area contributed by atoms with E-state index in [4.69, 9.17) is 11.8 Å². The molecule has 0 unspecified atom stereocenters. The number of nitrogens with zero attached hydrogens (tertiary/aromatic N) is 1. The molecule has 8 heteroatoms. The SMILES string of the molecule is O=S(=O)(N(Cl)c1ccccc1)C(F)(F)F. The molecule has 0 radical (unpaired) electrons. The van der Waals surface area contributed by atoms with E-state index >= 15 is 0 Å². The first kappa shape index (κ1) is 12.1. The summed E-state index contributed by atoms with van der Waals surface area (Å²) in [7, 11) is -5.53. The maximum Gasteiger partial charge on any atom is 0.517 e. The van der Waals surface area contributed by atoms with Gasteiger partial charge < -0.3 is 0 Å². The molecule has 0 fully saturated rings. The van der Waals surface area contributed by atoms with E-state index in [2.05, 4.69) is 0 Å². The highest BCUT2D eigenvalue weighted by molar-refractivity contribution is 7.94. The number of anilines is 1. The molecule has 0 saturated carbocycles. The lowest BCUT2D eigenvalue weighted by Crippen LogP contribution is -2.34. The van der Waals surface area contributed by atoms with Crippen LogP contribution in [0.5, 0.6) is 0 Å². The molecule has 15 heavy (non-hydrogen) atoms. The second-order valence-corrected chi connectivity index (χ2v) is 4.82. The standard InChI is InChI=1S/C7H5ClF3NO2S/c8-12(6-4-2-1-3-5-6)15(13,14)7(9,10)11/h1-5H. The van der Waals surface area contributed by atoms with Crippen LogP contribution in [-0.2, 0) is 10.0 Å². The Hall–Kier alpha value is -0.950. The van der Waals surface area contributed by atoms with Crippen LogP contribution >= 0.6 is 11.8 Å². The molecular formula is C7H5ClF3NO2S. The van der Waals surface area contributed by atoms with Gasteiger partial charge in [-0.3, -0.25) is 0 Å². The number of alkyl halides is 3. The summed E-state index contributed by atoms with van der Waals surface area (Å²) in [5.41, 5.74) is -5.68. The molecule has 0 N–H and O–H groups in total. The summed E-state index contributed by atoms with van der Waals surface area (Å²) in [6, 6.07) is 6.56. The fourth-order valence-electron chi connectivity index (χ4n) is 0.775. The average Bonchev–Trinajstić information content (AvgIpc) is 2.16. The third kappa shape index (κ3) is 2.35. The van der Waals surface area contributed by atoms with Crippen molar-refractivity contribution in [1.29, 1.82) is 0 Å². The predicted molar refractivity (Wildman–Crippen MR) is 49.7 cm³/mol. The lowest BCUT2D eigenvalue weighted by Gasteiger charge is -2.17. The van der Waals surface area contributed by atoms with Crippen molar-refractivity contribution in [2.45, 2.75) is 5.51 Å². The number of rotatable bonds is 2. The quantitative estimate of drug-likeness (QED) is 0.765. The number of benzene rings is 1. The van der Waals surface area contributed by atoms with Crippen LogP contribution < -0.4 is 3.82 Å². The minimum atomic E-state index is -5.53. The van der Waals surface area contributed by atoms with Crippen LogP contribution in [0.25, 0.3) is 0 Å². The molecule has 0 aromatic heterocycles. The summed E-state index contributed by atoms with van der Waals surface area (Å²) in [4.78, 5) is 0. The minimum absolute atomic E-state index is 0.267. The number of para-hydroxylation sites is 1. The molecule has 0 amide bonds. The van der Waals surface area contributed by atoms with Crippen molar-refractivity contribution in [1.82, 2.24) is 0 Å². The molecule has 0 bridgehead atoms. The van der Waals surface area contributed by atoms with Gasteiger partial charge in [0.05, 0.1) is 5.69 Å². The van der Waals surface area contributed by atoms with Gasteiger partial charge in [0.1, 0.15) is 0 Å². The molecule has 0 aliphatic carbocycles. The molecule has 0 aliphatic heterocycles. The fraction of sp³-hybridized carbons (Fsp3) is 0.143. The third-order valence-electron chi connectivity index (χ3n) is 1.46. The Morgan fingerprint density at radius 3 is 2.00 bits per heavy atom. The second kappa shape index (κ2) is 3.90. The highest BCUT2D eigenvalue weighted by Crippen LogP contribution is 2.31. The maximum absolute atomic E-state index is 12.1. The van der Waals surface area contributed by atoms with E-state index in [0.29, 0.717) is 0 Å². The summed E-state index contributed by atoms with van der Waals surface area (Å²) >= 11 is 5.11. The van der Waals surface area contributed by atoms with Crippen LogP contribution in [0.1, 0.15) is 0 Å². The van der Waals surface area contributed by atoms with E-state index in [9.17, 15) is 21.6 Å². The third-order valence-corrected chi connectivity index (χ3v) is 3.42. The highest BCUT2D eigenvalue weighted by Gasteiger charge is 2.50. The normalized spacial score (nSPS) is 12.5. The maximum atomic E-state index is 12.1. The van der Waals surface area contributed by atoms with E-state index in [1.54, 1.807) is 0 Å². The first-order valence-electron chi connectivity index (χ1n) is 3.59. The van der Waals surface area contributed by atoms with Crippen LogP contribution in [0, 0.1) is 0 Å². The van der Waals surface area contributed by atoms with Gasteiger partial charge in [-0.1, -0.05) is 18.2 Å². The molecule has 0 spiro atoms. The van der Waals surface area contributed by atoms with Crippen molar-refractivity contribution in [2.24, 2.45) is 0 Å². The van der Waals surface area contributed by atoms with Crippen molar-refractivity contribution in [2.75, 3.05) is 3.82 Å². The molecule has 0 saturated heterocycles. The highest BCUT2D eigenvalue weighted by atomic mass is 35.5. The summed E-state index contributed by atoms with van der Waals surface area (Å²) in [6.45, 7) is 0. The first-order chi connectivity index (χ1) is 6.77. The van der Waals surface area contributed by atoms with Crippen molar-refractivity contribution in [3.05, 3.63) is 30.3 Å². The van der Waals surface area contributed by atoms with Crippen LogP contribution in [0.4, 0.5) is 18.9 Å². The average molecular weight is 260 g/mol. The minimum Gasteiger partial charge on any atom is -0.195 e. The zero-order valence-corrected chi connectivity index (χ0v) is 8.64. The van der Waals surface area contributed by atoms with Gasteiger partial charge in [0, 0.05) is 11.8 Å². The van der Waals surface area contributed by atoms with Crippen molar-refractivity contribution in [3.63, 3.8) is 0 Å². The van der Waals surface area contributed by atoms with Gasteiger partial charge in [-0.2, -0.15) is 25.4 Å². The van der Waals surface area contributed by atoms with Gasteiger partial charge >= 0.3 is 15.5 Å². The summed E-state index contributed by atoms with van der Waals surface area (Å²) in [6.07, 6.45) is 0. The summed E-state index contributed by atoms with van der Waals surface area (Å²) < 4.78 is 57.5. The largest absolute Gasteiger partial charge is 0.517 e. The van der Waals surface area contributed by atoms with Gasteiger partial charge in [-0.05, 0) is 12.1 Å². The van der Waals surface area contributed by atoms with Crippen LogP contribution in [0.3, 0.4) is 0 Å². The Labute approximate surface area is 89.2 Å². The van der Waals surface area contributed by atoms with Gasteiger partial charge in [0.25, 0.3) is 0 Å². The Kier molecular flexibility index (Phi) is 3.15. The molecule has 84 valence electrons. The zero-order chi connectivity index (χ0) is 11.7. The molecular weight excluding hydrogens is 255 g/mol. The number of hydrogen-bond acceptors (Lipinski definition) is 2. The van der Waals surface area contributed by atoms with Crippen LogP contribution in [0.2, 0.25) is 0 Å². The molecule has 1 aromatic carbocycles. The molecule has 0 heterocycles. The lowest BCUT2D eigenvalue weighted by molar-refractivity contribution is -0.0434. The van der Waals surface area contributed by atoms with E-state index in [-0.39, 0.29) is 9.51 Å². The fourth-order valence-corrected chi connectivity index (χ4v) is 1.70. The second-order valence-electron chi connectivity index (χ2n) is 2.50. The summed E-state index contributed by atoms with van der Waals surface area (Å²) in [5, 5.41) is 0. The smallest absolute Gasteiger partial charge is 0.195 e. The molecule has 3 nitrogen and oxygen atoms in total. The number of halogens is 4. The monoisotopic (exact) mass is 259 g/mol. The molecule has 1 aromatic rings. The lowest BCUT2D eigenvalue weighted by atomic mass is 10.3. The Morgan fingerprint density at radius 1 is 1.13 bits per heavy atom. The number of sulfonamides is 1. The van der Waals surface area contributed by atoms with Crippen molar-refractivity contribution in [3.8, 4) is 0 Å². The number of hydrogen-bond donors (Lipinski definition) is 0. The molecule has 0 aliphatic rings. The molecule has 0 atom stereocenters. The van der Waals surface area contributed by atoms with Crippen molar-refractivity contribution < 1.29 is 21.6 Å².